The van der Waals surface area contributed by atoms with Crippen LogP contribution in [-0.4, -0.2) is 34.5 Å². The number of carbonyl (C=O) groups excluding carboxylic acids is 1. The minimum Gasteiger partial charge on any atom is -0.359 e. The van der Waals surface area contributed by atoms with Crippen molar-refractivity contribution in [3.63, 3.8) is 0 Å². The number of aromatic amines is 1. The molecule has 0 aromatic carbocycles. The van der Waals surface area contributed by atoms with Crippen molar-refractivity contribution in [2.45, 2.75) is 26.2 Å². The summed E-state index contributed by atoms with van der Waals surface area (Å²) in [5, 5.41) is 0. The van der Waals surface area contributed by atoms with Gasteiger partial charge in [0, 0.05) is 11.8 Å². The van der Waals surface area contributed by atoms with E-state index in [1.165, 1.54) is 10.8 Å². The van der Waals surface area contributed by atoms with Gasteiger partial charge in [0.05, 0.1) is 13.2 Å². The average molecular weight is 359 g/mol. The number of amides is 1. The number of primary amides is 1. The minimum atomic E-state index is -4.05. The van der Waals surface area contributed by atoms with Gasteiger partial charge in [0.2, 0.25) is 0 Å². The van der Waals surface area contributed by atoms with Gasteiger partial charge in [0.25, 0.3) is 5.56 Å². The summed E-state index contributed by atoms with van der Waals surface area (Å²) in [7, 11) is -4.05. The van der Waals surface area contributed by atoms with Gasteiger partial charge in [0.1, 0.15) is 6.10 Å². The maximum absolute atomic E-state index is 12.1. The van der Waals surface area contributed by atoms with Crippen LogP contribution in [0.25, 0.3) is 0 Å². The molecule has 3 N–H and O–H groups in total. The van der Waals surface area contributed by atoms with E-state index in [4.69, 9.17) is 19.5 Å². The van der Waals surface area contributed by atoms with E-state index in [0.717, 1.165) is 0 Å². The predicted octanol–water partition coefficient (Wildman–Crippen LogP) is 0.624. The molecule has 1 aliphatic heterocycles. The molecule has 3 atom stereocenters. The second-order valence-corrected chi connectivity index (χ2v) is 6.93. The third kappa shape index (κ3) is 3.90. The van der Waals surface area contributed by atoms with Crippen molar-refractivity contribution in [1.82, 2.24) is 9.55 Å². The van der Waals surface area contributed by atoms with E-state index in [1.807, 2.05) is 0 Å². The number of hydrogen-bond donors (Lipinski definition) is 2. The molecule has 132 valence electrons. The first-order chi connectivity index (χ1) is 11.3. The molecule has 1 aliphatic rings. The standard InChI is InChI=1S/C13H18N3O7P/c1-3-21-24(20,12(14)18)22-7-9-4-5-10(23-9)16-6-8(2)11(17)15-13(16)19/h4-6,9-10H,3,7H2,1-2H3,(H2,14,18)(H,15,17,19)/t9-,10+,24?/m0/s1. The summed E-state index contributed by atoms with van der Waals surface area (Å²) in [5.74, 6) is 0. The van der Waals surface area contributed by atoms with Crippen molar-refractivity contribution in [3.05, 3.63) is 44.8 Å². The molecule has 1 unspecified atom stereocenters. The van der Waals surface area contributed by atoms with E-state index >= 15 is 0 Å². The number of ether oxygens (including phenoxy) is 1. The van der Waals surface area contributed by atoms with E-state index in [9.17, 15) is 18.9 Å². The number of nitrogens with two attached hydrogens (primary N) is 1. The van der Waals surface area contributed by atoms with Crippen LogP contribution >= 0.6 is 7.60 Å². The SMILES string of the molecule is CCOP(=O)(OC[C@@H]1C=C[C@H](n2cc(C)c(=O)[nH]c2=O)O1)C(N)=O. The molecule has 10 nitrogen and oxygen atoms in total. The lowest BCUT2D eigenvalue weighted by atomic mass is 10.3. The van der Waals surface area contributed by atoms with Gasteiger partial charge in [-0.25, -0.2) is 9.36 Å². The summed E-state index contributed by atoms with van der Waals surface area (Å²) >= 11 is 0. The van der Waals surface area contributed by atoms with Crippen LogP contribution in [0.5, 0.6) is 0 Å². The highest BCUT2D eigenvalue weighted by Crippen LogP contribution is 2.48. The number of carbonyl (C=O) groups is 1. The Balaban J connectivity index is 2.04. The highest BCUT2D eigenvalue weighted by atomic mass is 31.2. The number of hydrogen-bond acceptors (Lipinski definition) is 7. The molecule has 0 aliphatic carbocycles. The van der Waals surface area contributed by atoms with E-state index in [0.29, 0.717) is 5.56 Å². The molecule has 0 fully saturated rings. The lowest BCUT2D eigenvalue weighted by molar-refractivity contribution is -0.00770. The van der Waals surface area contributed by atoms with Crippen LogP contribution in [0.4, 0.5) is 4.79 Å². The summed E-state index contributed by atoms with van der Waals surface area (Å²) < 4.78 is 28.6. The van der Waals surface area contributed by atoms with Gasteiger partial charge in [-0.2, -0.15) is 0 Å². The predicted molar refractivity (Wildman–Crippen MR) is 83.9 cm³/mol. The zero-order chi connectivity index (χ0) is 17.9. The highest BCUT2D eigenvalue weighted by molar-refractivity contribution is 7.71. The summed E-state index contributed by atoms with van der Waals surface area (Å²) in [5.41, 5.74) is 3.08. The summed E-state index contributed by atoms with van der Waals surface area (Å²) in [6.45, 7) is 2.85. The number of rotatable bonds is 7. The van der Waals surface area contributed by atoms with E-state index in [2.05, 4.69) is 4.98 Å². The van der Waals surface area contributed by atoms with E-state index < -0.39 is 36.8 Å². The molecule has 1 aromatic heterocycles. The first kappa shape index (κ1) is 18.3. The van der Waals surface area contributed by atoms with Gasteiger partial charge >= 0.3 is 18.9 Å². The molecule has 2 heterocycles. The zero-order valence-corrected chi connectivity index (χ0v) is 14.0. The van der Waals surface area contributed by atoms with Crippen LogP contribution in [-0.2, 0) is 18.3 Å². The van der Waals surface area contributed by atoms with Crippen LogP contribution in [0.1, 0.15) is 18.7 Å². The van der Waals surface area contributed by atoms with Gasteiger partial charge in [0.15, 0.2) is 6.23 Å². The molecule has 0 spiro atoms. The Hall–Kier alpha value is -2.00. The smallest absolute Gasteiger partial charge is 0.359 e. The number of nitrogens with one attached hydrogen (secondary N) is 1. The number of aromatic nitrogens is 2. The van der Waals surface area contributed by atoms with Crippen molar-refractivity contribution in [3.8, 4) is 0 Å². The number of aryl methyl sites for hydroxylation is 1. The van der Waals surface area contributed by atoms with Crippen molar-refractivity contribution < 1.29 is 23.1 Å². The lowest BCUT2D eigenvalue weighted by Gasteiger charge is -2.19. The normalized spacial score (nSPS) is 22.4. The Morgan fingerprint density at radius 1 is 1.42 bits per heavy atom. The van der Waals surface area contributed by atoms with E-state index in [1.54, 1.807) is 26.0 Å². The Bertz CT molecular complexity index is 813. The van der Waals surface area contributed by atoms with Crippen molar-refractivity contribution in [1.29, 1.82) is 0 Å². The van der Waals surface area contributed by atoms with Gasteiger partial charge in [-0.3, -0.25) is 23.7 Å². The number of nitrogens with zero attached hydrogens (tertiary/aromatic N) is 1. The molecule has 11 heteroatoms. The monoisotopic (exact) mass is 359 g/mol. The van der Waals surface area contributed by atoms with Crippen LogP contribution < -0.4 is 17.0 Å². The van der Waals surface area contributed by atoms with Gasteiger partial charge < -0.3 is 15.0 Å². The first-order valence-electron chi connectivity index (χ1n) is 7.12. The summed E-state index contributed by atoms with van der Waals surface area (Å²) in [6, 6.07) is 0. The second-order valence-electron chi connectivity index (χ2n) is 4.98. The molecular formula is C13H18N3O7P. The Morgan fingerprint density at radius 2 is 2.12 bits per heavy atom. The molecule has 0 saturated carbocycles. The van der Waals surface area contributed by atoms with Crippen molar-refractivity contribution in [2.75, 3.05) is 13.2 Å². The molecule has 0 bridgehead atoms. The Kier molecular flexibility index (Phi) is 5.55. The maximum atomic E-state index is 12.1. The van der Waals surface area contributed by atoms with Gasteiger partial charge in [-0.15, -0.1) is 0 Å². The highest BCUT2D eigenvalue weighted by Gasteiger charge is 2.34. The third-order valence-electron chi connectivity index (χ3n) is 3.20. The van der Waals surface area contributed by atoms with Crippen LogP contribution in [0.2, 0.25) is 0 Å². The van der Waals surface area contributed by atoms with Crippen molar-refractivity contribution >= 4 is 13.2 Å². The fourth-order valence-corrected chi connectivity index (χ4v) is 3.04. The molecule has 24 heavy (non-hydrogen) atoms. The first-order valence-corrected chi connectivity index (χ1v) is 8.66. The molecule has 0 saturated heterocycles. The van der Waals surface area contributed by atoms with Gasteiger partial charge in [-0.05, 0) is 19.9 Å². The average Bonchev–Trinajstić information content (AvgIpc) is 2.98. The molecule has 1 amide bonds. The van der Waals surface area contributed by atoms with Crippen molar-refractivity contribution in [2.24, 2.45) is 5.73 Å². The zero-order valence-electron chi connectivity index (χ0n) is 13.1. The second kappa shape index (κ2) is 7.27. The number of H-pyrrole nitrogens is 1. The van der Waals surface area contributed by atoms with E-state index in [-0.39, 0.29) is 13.2 Å². The minimum absolute atomic E-state index is 0.00372. The molecule has 1 aromatic rings. The summed E-state index contributed by atoms with van der Waals surface area (Å²) in [4.78, 5) is 36.5. The fourth-order valence-electron chi connectivity index (χ4n) is 2.02. The quantitative estimate of drug-likeness (QED) is 0.537. The molecular weight excluding hydrogens is 341 g/mol. The largest absolute Gasteiger partial charge is 0.418 e. The van der Waals surface area contributed by atoms with Crippen LogP contribution in [0.3, 0.4) is 0 Å². The topological polar surface area (TPSA) is 143 Å². The fraction of sp³-hybridized carbons (Fsp3) is 0.462. The Labute approximate surface area is 136 Å². The summed E-state index contributed by atoms with van der Waals surface area (Å²) in [6.07, 6.45) is 3.09. The van der Waals surface area contributed by atoms with Crippen LogP contribution in [0, 0.1) is 6.92 Å². The Morgan fingerprint density at radius 3 is 2.75 bits per heavy atom. The van der Waals surface area contributed by atoms with Gasteiger partial charge in [-0.1, -0.05) is 6.08 Å². The maximum Gasteiger partial charge on any atom is 0.418 e. The molecule has 0 radical (unpaired) electrons. The lowest BCUT2D eigenvalue weighted by Crippen LogP contribution is -2.33. The molecule has 2 rings (SSSR count). The third-order valence-corrected chi connectivity index (χ3v) is 4.83. The van der Waals surface area contributed by atoms with Crippen LogP contribution in [0.15, 0.2) is 27.9 Å².